The van der Waals surface area contributed by atoms with E-state index in [4.69, 9.17) is 14.5 Å². The molecule has 0 bridgehead atoms. The molecule has 3 aromatic carbocycles. The lowest BCUT2D eigenvalue weighted by Gasteiger charge is -2.26. The molecule has 5 aromatic rings. The summed E-state index contributed by atoms with van der Waals surface area (Å²) in [5.41, 5.74) is 4.14. The smallest absolute Gasteiger partial charge is 0.347 e. The summed E-state index contributed by atoms with van der Waals surface area (Å²) in [6, 6.07) is 20.3. The first kappa shape index (κ1) is 31.7. The molecular formula is C35H37N7O4. The quantitative estimate of drug-likeness (QED) is 0.103. The Morgan fingerprint density at radius 1 is 1.00 bits per heavy atom. The number of aryl methyl sites for hydroxylation is 1. The number of nitrogens with zero attached hydrogens (tertiary/aromatic N) is 5. The lowest BCUT2D eigenvalue weighted by atomic mass is 10.1. The van der Waals surface area contributed by atoms with Gasteiger partial charge in [-0.05, 0) is 44.4 Å². The van der Waals surface area contributed by atoms with Crippen molar-refractivity contribution in [3.8, 4) is 22.8 Å². The van der Waals surface area contributed by atoms with Crippen molar-refractivity contribution in [2.24, 2.45) is 7.05 Å². The third-order valence-electron chi connectivity index (χ3n) is 7.42. The Hall–Kier alpha value is -5.68. The first-order valence-corrected chi connectivity index (χ1v) is 14.7. The molecule has 2 heterocycles. The van der Waals surface area contributed by atoms with Gasteiger partial charge in [0.15, 0.2) is 0 Å². The van der Waals surface area contributed by atoms with Gasteiger partial charge in [-0.2, -0.15) is 0 Å². The highest BCUT2D eigenvalue weighted by molar-refractivity contribution is 6.04. The lowest BCUT2D eigenvalue weighted by Crippen LogP contribution is -2.29. The van der Waals surface area contributed by atoms with Crippen LogP contribution in [0.15, 0.2) is 91.8 Å². The third kappa shape index (κ3) is 7.00. The standard InChI is InChI=1S/C35H37N7O4/c1-7-32(43)37-27-19-28(31(45-6)20-30(27)41(4)18-17-40(2)3)38-35-36-21-25(34(44)46-23-13-9-8-10-14-23)33(39-35)26-22-42(5)29-16-12-11-15-24(26)29/h7-16,19-22H,1,17-18H2,2-6H3,(H,37,43)(H,36,38,39). The van der Waals surface area contributed by atoms with Gasteiger partial charge in [0, 0.05) is 62.1 Å². The van der Waals surface area contributed by atoms with E-state index >= 15 is 0 Å². The van der Waals surface area contributed by atoms with Crippen molar-refractivity contribution in [3.63, 3.8) is 0 Å². The zero-order valence-corrected chi connectivity index (χ0v) is 26.6. The molecule has 0 radical (unpaired) electrons. The van der Waals surface area contributed by atoms with Crippen LogP contribution in [0.3, 0.4) is 0 Å². The molecule has 11 nitrogen and oxygen atoms in total. The summed E-state index contributed by atoms with van der Waals surface area (Å²) in [5, 5.41) is 7.06. The molecule has 0 spiro atoms. The number of carbonyl (C=O) groups is 2. The summed E-state index contributed by atoms with van der Waals surface area (Å²) in [5.74, 6) is 0.193. The molecule has 0 aliphatic heterocycles. The van der Waals surface area contributed by atoms with E-state index in [2.05, 4.69) is 27.1 Å². The number of benzene rings is 3. The van der Waals surface area contributed by atoms with E-state index in [1.165, 1.54) is 12.3 Å². The molecule has 0 atom stereocenters. The van der Waals surface area contributed by atoms with Crippen LogP contribution in [-0.4, -0.2) is 72.7 Å². The predicted molar refractivity (Wildman–Crippen MR) is 182 cm³/mol. The Balaban J connectivity index is 1.59. The Morgan fingerprint density at radius 3 is 2.46 bits per heavy atom. The van der Waals surface area contributed by atoms with E-state index in [0.29, 0.717) is 35.1 Å². The maximum Gasteiger partial charge on any atom is 0.347 e. The van der Waals surface area contributed by atoms with Crippen molar-refractivity contribution < 1.29 is 19.1 Å². The molecule has 1 amide bonds. The molecule has 5 rings (SSSR count). The topological polar surface area (TPSA) is 114 Å². The molecule has 0 fully saturated rings. The molecule has 0 aliphatic rings. The number of rotatable bonds is 12. The Kier molecular flexibility index (Phi) is 9.63. The van der Waals surface area contributed by atoms with Crippen LogP contribution in [-0.2, 0) is 11.8 Å². The van der Waals surface area contributed by atoms with Crippen molar-refractivity contribution in [2.75, 3.05) is 56.9 Å². The number of nitrogens with one attached hydrogen (secondary N) is 2. The van der Waals surface area contributed by atoms with Crippen LogP contribution in [0, 0.1) is 0 Å². The minimum absolute atomic E-state index is 0.203. The summed E-state index contributed by atoms with van der Waals surface area (Å²) in [7, 11) is 9.45. The summed E-state index contributed by atoms with van der Waals surface area (Å²) in [6.07, 6.45) is 4.60. The van der Waals surface area contributed by atoms with Crippen molar-refractivity contribution in [1.29, 1.82) is 0 Å². The summed E-state index contributed by atoms with van der Waals surface area (Å²) < 4.78 is 13.4. The number of aromatic nitrogens is 3. The number of carbonyl (C=O) groups excluding carboxylic acids is 2. The van der Waals surface area contributed by atoms with Crippen molar-refractivity contribution in [1.82, 2.24) is 19.4 Å². The summed E-state index contributed by atoms with van der Waals surface area (Å²) >= 11 is 0. The average molecular weight is 620 g/mol. The fraction of sp³-hybridized carbons (Fsp3) is 0.200. The summed E-state index contributed by atoms with van der Waals surface area (Å²) in [4.78, 5) is 39.3. The van der Waals surface area contributed by atoms with Crippen LogP contribution in [0.5, 0.6) is 11.5 Å². The minimum atomic E-state index is -0.585. The number of amides is 1. The van der Waals surface area contributed by atoms with E-state index in [0.717, 1.165) is 28.7 Å². The van der Waals surface area contributed by atoms with Crippen LogP contribution >= 0.6 is 0 Å². The highest BCUT2D eigenvalue weighted by Gasteiger charge is 2.23. The highest BCUT2D eigenvalue weighted by atomic mass is 16.5. The van der Waals surface area contributed by atoms with E-state index < -0.39 is 5.97 Å². The summed E-state index contributed by atoms with van der Waals surface area (Å²) in [6.45, 7) is 5.10. The maximum absolute atomic E-state index is 13.5. The van der Waals surface area contributed by atoms with E-state index in [9.17, 15) is 9.59 Å². The van der Waals surface area contributed by atoms with Gasteiger partial charge in [0.25, 0.3) is 0 Å². The van der Waals surface area contributed by atoms with Crippen LogP contribution < -0.4 is 25.0 Å². The number of anilines is 4. The monoisotopic (exact) mass is 619 g/mol. The zero-order valence-electron chi connectivity index (χ0n) is 26.6. The maximum atomic E-state index is 13.5. The van der Waals surface area contributed by atoms with Gasteiger partial charge in [-0.25, -0.2) is 14.8 Å². The largest absolute Gasteiger partial charge is 0.494 e. The van der Waals surface area contributed by atoms with Crippen molar-refractivity contribution in [3.05, 3.63) is 97.3 Å². The van der Waals surface area contributed by atoms with Crippen LogP contribution in [0.2, 0.25) is 0 Å². The number of hydrogen-bond donors (Lipinski definition) is 2. The fourth-order valence-electron chi connectivity index (χ4n) is 5.00. The number of para-hydroxylation sites is 2. The molecule has 0 saturated heterocycles. The van der Waals surface area contributed by atoms with Gasteiger partial charge in [0.2, 0.25) is 11.9 Å². The molecular weight excluding hydrogens is 582 g/mol. The number of methoxy groups -OCH3 is 1. The molecule has 2 N–H and O–H groups in total. The van der Waals surface area contributed by atoms with Crippen molar-refractivity contribution in [2.45, 2.75) is 0 Å². The zero-order chi connectivity index (χ0) is 32.8. The van der Waals surface area contributed by atoms with E-state index in [1.807, 2.05) is 80.3 Å². The molecule has 11 heteroatoms. The van der Waals surface area contributed by atoms with Gasteiger partial charge in [-0.3, -0.25) is 4.79 Å². The molecule has 46 heavy (non-hydrogen) atoms. The molecule has 0 unspecified atom stereocenters. The number of hydrogen-bond acceptors (Lipinski definition) is 9. The van der Waals surface area contributed by atoms with Crippen LogP contribution in [0.1, 0.15) is 10.4 Å². The van der Waals surface area contributed by atoms with Crippen LogP contribution in [0.4, 0.5) is 23.0 Å². The van der Waals surface area contributed by atoms with Crippen molar-refractivity contribution >= 4 is 45.8 Å². The number of esters is 1. The molecule has 2 aromatic heterocycles. The molecule has 0 aliphatic carbocycles. The second kappa shape index (κ2) is 14.0. The Morgan fingerprint density at radius 2 is 1.74 bits per heavy atom. The highest BCUT2D eigenvalue weighted by Crippen LogP contribution is 2.39. The second-order valence-electron chi connectivity index (χ2n) is 10.9. The first-order valence-electron chi connectivity index (χ1n) is 14.7. The van der Waals surface area contributed by atoms with Gasteiger partial charge >= 0.3 is 5.97 Å². The first-order chi connectivity index (χ1) is 22.2. The Bertz CT molecular complexity index is 1890. The fourth-order valence-corrected chi connectivity index (χ4v) is 5.00. The van der Waals surface area contributed by atoms with Gasteiger partial charge in [0.05, 0.1) is 29.9 Å². The predicted octanol–water partition coefficient (Wildman–Crippen LogP) is 5.73. The molecule has 0 saturated carbocycles. The Labute approximate surface area is 268 Å². The van der Waals surface area contributed by atoms with Gasteiger partial charge in [-0.15, -0.1) is 0 Å². The SMILES string of the molecule is C=CC(=O)Nc1cc(Nc2ncc(C(=O)Oc3ccccc3)c(-c3cn(C)c4ccccc34)n2)c(OC)cc1N(C)CCN(C)C. The number of likely N-dealkylation sites (N-methyl/N-ethyl adjacent to an activating group) is 2. The molecule has 236 valence electrons. The normalized spacial score (nSPS) is 10.9. The average Bonchev–Trinajstić information content (AvgIpc) is 3.40. The second-order valence-corrected chi connectivity index (χ2v) is 10.9. The number of fused-ring (bicyclic) bond motifs is 1. The minimum Gasteiger partial charge on any atom is -0.494 e. The van der Waals surface area contributed by atoms with Gasteiger partial charge in [-0.1, -0.05) is 43.0 Å². The van der Waals surface area contributed by atoms with Crippen LogP contribution in [0.25, 0.3) is 22.2 Å². The number of ether oxygens (including phenoxy) is 2. The van der Waals surface area contributed by atoms with Gasteiger partial charge < -0.3 is 34.5 Å². The third-order valence-corrected chi connectivity index (χ3v) is 7.42. The van der Waals surface area contributed by atoms with E-state index in [1.54, 1.807) is 37.4 Å². The lowest BCUT2D eigenvalue weighted by molar-refractivity contribution is -0.111. The van der Waals surface area contributed by atoms with E-state index in [-0.39, 0.29) is 17.4 Å². The van der Waals surface area contributed by atoms with Gasteiger partial charge in [0.1, 0.15) is 17.1 Å².